The van der Waals surface area contributed by atoms with Crippen molar-refractivity contribution in [2.75, 3.05) is 13.2 Å². The zero-order valence-corrected chi connectivity index (χ0v) is 11.1. The van der Waals surface area contributed by atoms with Gasteiger partial charge in [-0.1, -0.05) is 0 Å². The summed E-state index contributed by atoms with van der Waals surface area (Å²) >= 11 is 0. The molecule has 5 nitrogen and oxygen atoms in total. The lowest BCUT2D eigenvalue weighted by atomic mass is 10.2. The Balaban J connectivity index is 2.40. The van der Waals surface area contributed by atoms with Crippen LogP contribution in [0.2, 0.25) is 0 Å². The van der Waals surface area contributed by atoms with E-state index in [0.29, 0.717) is 5.76 Å². The highest BCUT2D eigenvalue weighted by molar-refractivity contribution is 7.89. The molecule has 0 unspecified atom stereocenters. The van der Waals surface area contributed by atoms with Gasteiger partial charge in [-0.25, -0.2) is 12.8 Å². The first-order chi connectivity index (χ1) is 8.36. The van der Waals surface area contributed by atoms with Crippen LogP contribution in [0, 0.1) is 13.8 Å². The maximum absolute atomic E-state index is 13.3. The lowest BCUT2D eigenvalue weighted by molar-refractivity contribution is 0.212. The Kier molecular flexibility index (Phi) is 3.48. The second kappa shape index (κ2) is 4.64. The number of hydrogen-bond donors (Lipinski definition) is 1. The molecule has 1 fully saturated rings. The molecular weight excluding hydrogens is 261 g/mol. The van der Waals surface area contributed by atoms with Gasteiger partial charge in [-0.15, -0.1) is 0 Å². The first kappa shape index (κ1) is 13.5. The van der Waals surface area contributed by atoms with Gasteiger partial charge in [0.05, 0.1) is 12.6 Å². The van der Waals surface area contributed by atoms with E-state index in [2.05, 4.69) is 0 Å². The van der Waals surface area contributed by atoms with Crippen LogP contribution in [-0.2, 0) is 10.0 Å². The topological polar surface area (TPSA) is 70.8 Å². The number of sulfonamides is 1. The number of halogens is 1. The minimum absolute atomic E-state index is 0.0333. The van der Waals surface area contributed by atoms with E-state index in [-0.39, 0.29) is 30.2 Å². The molecule has 1 saturated heterocycles. The van der Waals surface area contributed by atoms with Crippen LogP contribution in [-0.4, -0.2) is 43.2 Å². The number of hydrogen-bond acceptors (Lipinski definition) is 4. The van der Waals surface area contributed by atoms with Crippen molar-refractivity contribution < 1.29 is 22.3 Å². The molecule has 0 bridgehead atoms. The largest absolute Gasteiger partial charge is 0.465 e. The Bertz CT molecular complexity index is 539. The van der Waals surface area contributed by atoms with Gasteiger partial charge in [0.15, 0.2) is 0 Å². The summed E-state index contributed by atoms with van der Waals surface area (Å²) in [6.07, 6.45) is -1.20. The molecule has 1 aromatic rings. The molecule has 7 heteroatoms. The van der Waals surface area contributed by atoms with Gasteiger partial charge in [-0.3, -0.25) is 0 Å². The zero-order chi connectivity index (χ0) is 13.5. The van der Waals surface area contributed by atoms with E-state index in [9.17, 15) is 12.8 Å². The number of rotatable bonds is 3. The summed E-state index contributed by atoms with van der Waals surface area (Å²) in [4.78, 5) is 0.0487. The van der Waals surface area contributed by atoms with E-state index < -0.39 is 22.2 Å². The molecule has 0 radical (unpaired) electrons. The molecule has 0 amide bonds. The van der Waals surface area contributed by atoms with Crippen LogP contribution < -0.4 is 0 Å². The highest BCUT2D eigenvalue weighted by Gasteiger charge is 2.41. The molecule has 102 valence electrons. The Labute approximate surface area is 105 Å². The lowest BCUT2D eigenvalue weighted by Gasteiger charge is -2.21. The summed E-state index contributed by atoms with van der Waals surface area (Å²) in [6, 6.07) is 0.726. The summed E-state index contributed by atoms with van der Waals surface area (Å²) in [7, 11) is -3.80. The summed E-state index contributed by atoms with van der Waals surface area (Å²) < 4.78 is 44.3. The third-order valence-electron chi connectivity index (χ3n) is 3.11. The molecule has 2 rings (SSSR count). The van der Waals surface area contributed by atoms with Crippen molar-refractivity contribution in [1.29, 1.82) is 0 Å². The minimum Gasteiger partial charge on any atom is -0.465 e. The highest BCUT2D eigenvalue weighted by Crippen LogP contribution is 2.30. The average Bonchev–Trinajstić information content (AvgIpc) is 2.82. The van der Waals surface area contributed by atoms with Crippen LogP contribution in [0.4, 0.5) is 4.39 Å². The monoisotopic (exact) mass is 277 g/mol. The fourth-order valence-electron chi connectivity index (χ4n) is 2.28. The molecular formula is C11H16FNO4S. The van der Waals surface area contributed by atoms with Gasteiger partial charge in [0.25, 0.3) is 0 Å². The summed E-state index contributed by atoms with van der Waals surface area (Å²) in [5.41, 5.74) is 0. The van der Waals surface area contributed by atoms with Crippen molar-refractivity contribution in [3.63, 3.8) is 0 Å². The highest BCUT2D eigenvalue weighted by atomic mass is 32.2. The van der Waals surface area contributed by atoms with Gasteiger partial charge < -0.3 is 9.52 Å². The first-order valence-electron chi connectivity index (χ1n) is 5.70. The molecule has 2 heterocycles. The van der Waals surface area contributed by atoms with Crippen LogP contribution in [0.3, 0.4) is 0 Å². The lowest BCUT2D eigenvalue weighted by Crippen LogP contribution is -2.37. The Morgan fingerprint density at radius 3 is 2.72 bits per heavy atom. The normalized spacial score (nSPS) is 25.8. The predicted molar refractivity (Wildman–Crippen MR) is 62.5 cm³/mol. The van der Waals surface area contributed by atoms with Gasteiger partial charge in [0.2, 0.25) is 10.0 Å². The third-order valence-corrected chi connectivity index (χ3v) is 5.13. The number of alkyl halides is 1. The molecule has 1 aliphatic rings. The molecule has 1 N–H and O–H groups in total. The second-order valence-corrected chi connectivity index (χ2v) is 6.38. The van der Waals surface area contributed by atoms with Crippen molar-refractivity contribution in [2.24, 2.45) is 0 Å². The van der Waals surface area contributed by atoms with Crippen LogP contribution in [0.25, 0.3) is 0 Å². The summed E-state index contributed by atoms with van der Waals surface area (Å²) in [6.45, 7) is 2.61. The van der Waals surface area contributed by atoms with Gasteiger partial charge >= 0.3 is 0 Å². The standard InChI is InChI=1S/C11H16FNO4S/c1-7-3-11(8(2)17-7)18(15,16)13-5-9(12)4-10(13)6-14/h3,9-10,14H,4-6H2,1-2H3/t9-,10-/m0/s1. The molecule has 2 atom stereocenters. The van der Waals surface area contributed by atoms with Gasteiger partial charge in [0, 0.05) is 6.54 Å². The van der Waals surface area contributed by atoms with Crippen LogP contribution >= 0.6 is 0 Å². The van der Waals surface area contributed by atoms with Gasteiger partial charge in [0.1, 0.15) is 22.6 Å². The maximum Gasteiger partial charge on any atom is 0.246 e. The molecule has 0 aromatic carbocycles. The SMILES string of the molecule is Cc1cc(S(=O)(=O)N2C[C@@H](F)C[C@H]2CO)c(C)o1. The zero-order valence-electron chi connectivity index (χ0n) is 10.3. The van der Waals surface area contributed by atoms with Crippen molar-refractivity contribution >= 4 is 10.0 Å². The first-order valence-corrected chi connectivity index (χ1v) is 7.14. The van der Waals surface area contributed by atoms with E-state index in [1.54, 1.807) is 13.8 Å². The predicted octanol–water partition coefficient (Wildman–Crippen LogP) is 0.990. The van der Waals surface area contributed by atoms with E-state index in [1.165, 1.54) is 6.07 Å². The van der Waals surface area contributed by atoms with Crippen molar-refractivity contribution in [3.8, 4) is 0 Å². The van der Waals surface area contributed by atoms with Crippen molar-refractivity contribution in [1.82, 2.24) is 4.31 Å². The number of nitrogens with zero attached hydrogens (tertiary/aromatic N) is 1. The Morgan fingerprint density at radius 2 is 2.22 bits per heavy atom. The van der Waals surface area contributed by atoms with Crippen LogP contribution in [0.5, 0.6) is 0 Å². The number of aliphatic hydroxyl groups excluding tert-OH is 1. The molecule has 1 aliphatic heterocycles. The fraction of sp³-hybridized carbons (Fsp3) is 0.636. The Hall–Kier alpha value is -0.920. The molecule has 0 spiro atoms. The number of aliphatic hydroxyl groups is 1. The van der Waals surface area contributed by atoms with E-state index in [4.69, 9.17) is 9.52 Å². The number of aryl methyl sites for hydroxylation is 2. The third kappa shape index (κ3) is 2.17. The van der Waals surface area contributed by atoms with Crippen molar-refractivity contribution in [3.05, 3.63) is 17.6 Å². The smallest absolute Gasteiger partial charge is 0.246 e. The van der Waals surface area contributed by atoms with Gasteiger partial charge in [-0.05, 0) is 26.3 Å². The second-order valence-electron chi connectivity index (χ2n) is 4.52. The fourth-order valence-corrected chi connectivity index (χ4v) is 4.16. The van der Waals surface area contributed by atoms with E-state index >= 15 is 0 Å². The Morgan fingerprint density at radius 1 is 1.56 bits per heavy atom. The molecule has 18 heavy (non-hydrogen) atoms. The summed E-state index contributed by atoms with van der Waals surface area (Å²) in [5.74, 6) is 0.772. The van der Waals surface area contributed by atoms with E-state index in [0.717, 1.165) is 4.31 Å². The maximum atomic E-state index is 13.3. The molecule has 0 aliphatic carbocycles. The van der Waals surface area contributed by atoms with Crippen molar-refractivity contribution in [2.45, 2.75) is 37.4 Å². The minimum atomic E-state index is -3.80. The quantitative estimate of drug-likeness (QED) is 0.894. The van der Waals surface area contributed by atoms with Crippen LogP contribution in [0.15, 0.2) is 15.4 Å². The molecule has 1 aromatic heterocycles. The molecule has 0 saturated carbocycles. The summed E-state index contributed by atoms with van der Waals surface area (Å²) in [5, 5.41) is 9.14. The van der Waals surface area contributed by atoms with Gasteiger partial charge in [-0.2, -0.15) is 4.31 Å². The number of furan rings is 1. The average molecular weight is 277 g/mol. The van der Waals surface area contributed by atoms with E-state index in [1.807, 2.05) is 0 Å². The van der Waals surface area contributed by atoms with Crippen LogP contribution in [0.1, 0.15) is 17.9 Å².